The average Bonchev–Trinajstić information content (AvgIpc) is 2.73. The zero-order valence-corrected chi connectivity index (χ0v) is 15.0. The number of benzene rings is 3. The molecule has 5 nitrogen and oxygen atoms in total. The maximum Gasteiger partial charge on any atom is 0.277 e. The van der Waals surface area contributed by atoms with E-state index in [1.165, 1.54) is 30.5 Å². The molecule has 0 atom stereocenters. The summed E-state index contributed by atoms with van der Waals surface area (Å²) in [6.07, 6.45) is 1.52. The number of carbonyl (C=O) groups is 1. The molecule has 0 radical (unpaired) electrons. The standard InChI is InChI=1S/C22H19FN2O3/c23-19-8-12-21(13-9-19)28-16-22(26)25-24-14-17-6-10-20(11-7-17)27-15-18-4-2-1-3-5-18/h1-14H,15-16H2,(H,25,26)/b24-14-. The normalized spacial score (nSPS) is 10.6. The number of hydrogen-bond acceptors (Lipinski definition) is 4. The molecule has 3 aromatic carbocycles. The summed E-state index contributed by atoms with van der Waals surface area (Å²) in [5, 5.41) is 3.89. The van der Waals surface area contributed by atoms with Gasteiger partial charge >= 0.3 is 0 Å². The van der Waals surface area contributed by atoms with Crippen LogP contribution in [0.2, 0.25) is 0 Å². The van der Waals surface area contributed by atoms with Crippen molar-refractivity contribution < 1.29 is 18.7 Å². The van der Waals surface area contributed by atoms with E-state index in [0.29, 0.717) is 12.4 Å². The van der Waals surface area contributed by atoms with Gasteiger partial charge in [0.1, 0.15) is 23.9 Å². The van der Waals surface area contributed by atoms with E-state index >= 15 is 0 Å². The van der Waals surface area contributed by atoms with E-state index in [1.54, 1.807) is 0 Å². The molecule has 0 aliphatic rings. The highest BCUT2D eigenvalue weighted by atomic mass is 19.1. The molecule has 28 heavy (non-hydrogen) atoms. The Morgan fingerprint density at radius 2 is 1.54 bits per heavy atom. The Morgan fingerprint density at radius 1 is 0.893 bits per heavy atom. The van der Waals surface area contributed by atoms with E-state index in [2.05, 4.69) is 10.5 Å². The van der Waals surface area contributed by atoms with E-state index < -0.39 is 5.91 Å². The first-order chi connectivity index (χ1) is 13.7. The van der Waals surface area contributed by atoms with Crippen LogP contribution in [0, 0.1) is 5.82 Å². The van der Waals surface area contributed by atoms with Crippen molar-refractivity contribution >= 4 is 12.1 Å². The van der Waals surface area contributed by atoms with Crippen molar-refractivity contribution in [1.82, 2.24) is 5.43 Å². The lowest BCUT2D eigenvalue weighted by Gasteiger charge is -2.06. The Balaban J connectivity index is 1.41. The SMILES string of the molecule is O=C(COc1ccc(F)cc1)N/N=C\c1ccc(OCc2ccccc2)cc1. The minimum absolute atomic E-state index is 0.213. The quantitative estimate of drug-likeness (QED) is 0.477. The van der Waals surface area contributed by atoms with Gasteiger partial charge in [-0.25, -0.2) is 9.82 Å². The largest absolute Gasteiger partial charge is 0.489 e. The van der Waals surface area contributed by atoms with Crippen LogP contribution < -0.4 is 14.9 Å². The molecule has 0 aliphatic heterocycles. The maximum atomic E-state index is 12.8. The van der Waals surface area contributed by atoms with Crippen LogP contribution in [-0.2, 0) is 11.4 Å². The highest BCUT2D eigenvalue weighted by molar-refractivity contribution is 5.83. The van der Waals surface area contributed by atoms with Crippen LogP contribution in [0.25, 0.3) is 0 Å². The summed E-state index contributed by atoms with van der Waals surface area (Å²) in [6, 6.07) is 22.7. The van der Waals surface area contributed by atoms with Gasteiger partial charge in [0, 0.05) is 0 Å². The molecule has 3 aromatic rings. The lowest BCUT2D eigenvalue weighted by Crippen LogP contribution is -2.24. The lowest BCUT2D eigenvalue weighted by atomic mass is 10.2. The molecule has 0 fully saturated rings. The van der Waals surface area contributed by atoms with Gasteiger partial charge in [-0.1, -0.05) is 30.3 Å². The van der Waals surface area contributed by atoms with Crippen molar-refractivity contribution in [2.24, 2.45) is 5.10 Å². The van der Waals surface area contributed by atoms with Gasteiger partial charge < -0.3 is 9.47 Å². The molecule has 6 heteroatoms. The lowest BCUT2D eigenvalue weighted by molar-refractivity contribution is -0.123. The number of hydrazone groups is 1. The van der Waals surface area contributed by atoms with Crippen molar-refractivity contribution in [2.45, 2.75) is 6.61 Å². The van der Waals surface area contributed by atoms with Gasteiger partial charge in [0.25, 0.3) is 5.91 Å². The number of nitrogens with one attached hydrogen (secondary N) is 1. The second kappa shape index (κ2) is 9.87. The zero-order chi connectivity index (χ0) is 19.6. The van der Waals surface area contributed by atoms with Crippen molar-refractivity contribution in [3.63, 3.8) is 0 Å². The van der Waals surface area contributed by atoms with Crippen LogP contribution in [0.4, 0.5) is 4.39 Å². The van der Waals surface area contributed by atoms with Crippen LogP contribution in [0.5, 0.6) is 11.5 Å². The molecule has 0 heterocycles. The average molecular weight is 378 g/mol. The summed E-state index contributed by atoms with van der Waals surface area (Å²) in [4.78, 5) is 11.7. The van der Waals surface area contributed by atoms with Gasteiger partial charge in [0.15, 0.2) is 6.61 Å². The molecule has 3 rings (SSSR count). The Bertz CT molecular complexity index is 911. The Kier molecular flexibility index (Phi) is 6.73. The van der Waals surface area contributed by atoms with Gasteiger partial charge in [-0.05, 0) is 59.7 Å². The Morgan fingerprint density at radius 3 is 2.25 bits per heavy atom. The van der Waals surface area contributed by atoms with Gasteiger partial charge in [0.05, 0.1) is 6.21 Å². The van der Waals surface area contributed by atoms with E-state index in [4.69, 9.17) is 9.47 Å². The van der Waals surface area contributed by atoms with Gasteiger partial charge in [0.2, 0.25) is 0 Å². The summed E-state index contributed by atoms with van der Waals surface area (Å²) < 4.78 is 23.7. The number of ether oxygens (including phenoxy) is 2. The van der Waals surface area contributed by atoms with E-state index in [0.717, 1.165) is 16.9 Å². The molecule has 0 saturated carbocycles. The summed E-state index contributed by atoms with van der Waals surface area (Å²) >= 11 is 0. The minimum Gasteiger partial charge on any atom is -0.489 e. The highest BCUT2D eigenvalue weighted by Gasteiger charge is 2.01. The maximum absolute atomic E-state index is 12.8. The molecule has 1 amide bonds. The fourth-order valence-electron chi connectivity index (χ4n) is 2.28. The van der Waals surface area contributed by atoms with E-state index in [1.807, 2.05) is 54.6 Å². The monoisotopic (exact) mass is 378 g/mol. The van der Waals surface area contributed by atoms with Crippen LogP contribution in [0.15, 0.2) is 84.0 Å². The fourth-order valence-corrected chi connectivity index (χ4v) is 2.28. The molecular weight excluding hydrogens is 359 g/mol. The summed E-state index contributed by atoms with van der Waals surface area (Å²) in [6.45, 7) is 0.285. The molecule has 0 saturated heterocycles. The zero-order valence-electron chi connectivity index (χ0n) is 15.0. The molecular formula is C22H19FN2O3. The second-order valence-corrected chi connectivity index (χ2v) is 5.88. The van der Waals surface area contributed by atoms with Crippen molar-refractivity contribution in [3.8, 4) is 11.5 Å². The molecule has 0 unspecified atom stereocenters. The number of rotatable bonds is 8. The van der Waals surface area contributed by atoms with Crippen LogP contribution >= 0.6 is 0 Å². The predicted molar refractivity (Wildman–Crippen MR) is 105 cm³/mol. The number of amides is 1. The molecule has 0 spiro atoms. The Hall–Kier alpha value is -3.67. The first-order valence-electron chi connectivity index (χ1n) is 8.66. The van der Waals surface area contributed by atoms with Gasteiger partial charge in [-0.15, -0.1) is 0 Å². The number of nitrogens with zero attached hydrogens (tertiary/aromatic N) is 1. The summed E-state index contributed by atoms with van der Waals surface area (Å²) in [5.41, 5.74) is 4.28. The first kappa shape index (κ1) is 19.1. The van der Waals surface area contributed by atoms with E-state index in [9.17, 15) is 9.18 Å². The third kappa shape index (κ3) is 6.25. The number of carbonyl (C=O) groups excluding carboxylic acids is 1. The predicted octanol–water partition coefficient (Wildman–Crippen LogP) is 3.93. The van der Waals surface area contributed by atoms with Crippen molar-refractivity contribution in [3.05, 3.63) is 95.8 Å². The number of hydrogen-bond donors (Lipinski definition) is 1. The summed E-state index contributed by atoms with van der Waals surface area (Å²) in [7, 11) is 0. The minimum atomic E-state index is -0.414. The molecule has 0 aromatic heterocycles. The summed E-state index contributed by atoms with van der Waals surface area (Å²) in [5.74, 6) is 0.380. The molecule has 1 N–H and O–H groups in total. The molecule has 142 valence electrons. The molecule has 0 bridgehead atoms. The van der Waals surface area contributed by atoms with Crippen molar-refractivity contribution in [1.29, 1.82) is 0 Å². The van der Waals surface area contributed by atoms with Crippen LogP contribution in [0.1, 0.15) is 11.1 Å². The van der Waals surface area contributed by atoms with Crippen molar-refractivity contribution in [2.75, 3.05) is 6.61 Å². The van der Waals surface area contributed by atoms with Gasteiger partial charge in [-0.2, -0.15) is 5.10 Å². The highest BCUT2D eigenvalue weighted by Crippen LogP contribution is 2.13. The third-order valence-electron chi connectivity index (χ3n) is 3.71. The fraction of sp³-hybridized carbons (Fsp3) is 0.0909. The molecule has 0 aliphatic carbocycles. The first-order valence-corrected chi connectivity index (χ1v) is 8.66. The van der Waals surface area contributed by atoms with Crippen LogP contribution in [-0.4, -0.2) is 18.7 Å². The van der Waals surface area contributed by atoms with Gasteiger partial charge in [-0.3, -0.25) is 4.79 Å². The topological polar surface area (TPSA) is 59.9 Å². The smallest absolute Gasteiger partial charge is 0.277 e. The van der Waals surface area contributed by atoms with Crippen LogP contribution in [0.3, 0.4) is 0 Å². The third-order valence-corrected chi connectivity index (χ3v) is 3.71. The second-order valence-electron chi connectivity index (χ2n) is 5.88. The number of halogens is 1. The van der Waals surface area contributed by atoms with E-state index in [-0.39, 0.29) is 12.4 Å². The Labute approximate surface area is 162 Å².